The molecule has 0 amide bonds. The molecule has 16 heavy (non-hydrogen) atoms. The summed E-state index contributed by atoms with van der Waals surface area (Å²) in [6.07, 6.45) is 1.20. The third-order valence-electron chi connectivity index (χ3n) is 3.87. The van der Waals surface area contributed by atoms with Crippen molar-refractivity contribution in [3.8, 4) is 0 Å². The molecule has 0 aromatic heterocycles. The summed E-state index contributed by atoms with van der Waals surface area (Å²) in [5.74, 6) is 0. The zero-order valence-electron chi connectivity index (χ0n) is 11.1. The van der Waals surface area contributed by atoms with Crippen LogP contribution in [0.25, 0.3) is 0 Å². The summed E-state index contributed by atoms with van der Waals surface area (Å²) in [6.45, 7) is 12.5. The van der Waals surface area contributed by atoms with Crippen LogP contribution in [0.2, 0.25) is 0 Å². The second kappa shape index (κ2) is 3.73. The molecule has 1 heterocycles. The standard InChI is InChI=1S/C15H22N/c1-6-9-16-12(3)15(4,5)13-10-11(2)7-8-14(13)16/h7-8,10H,6,9H2,1-5H3/q+1. The van der Waals surface area contributed by atoms with Gasteiger partial charge in [0.05, 0.1) is 5.41 Å². The van der Waals surface area contributed by atoms with Gasteiger partial charge in [-0.3, -0.25) is 0 Å². The van der Waals surface area contributed by atoms with Crippen molar-refractivity contribution in [1.29, 1.82) is 0 Å². The van der Waals surface area contributed by atoms with Crippen LogP contribution in [0.4, 0.5) is 5.69 Å². The number of hydrogen-bond acceptors (Lipinski definition) is 0. The Morgan fingerprint density at radius 1 is 1.19 bits per heavy atom. The van der Waals surface area contributed by atoms with Crippen molar-refractivity contribution in [3.05, 3.63) is 29.3 Å². The summed E-state index contributed by atoms with van der Waals surface area (Å²) in [5.41, 5.74) is 5.93. The first-order valence-corrected chi connectivity index (χ1v) is 6.21. The molecule has 0 unspecified atom stereocenters. The van der Waals surface area contributed by atoms with Gasteiger partial charge in [-0.05, 0) is 26.8 Å². The Kier molecular flexibility index (Phi) is 2.65. The summed E-state index contributed by atoms with van der Waals surface area (Å²) in [4.78, 5) is 0. The van der Waals surface area contributed by atoms with Crippen molar-refractivity contribution in [1.82, 2.24) is 0 Å². The lowest BCUT2D eigenvalue weighted by atomic mass is 9.82. The van der Waals surface area contributed by atoms with E-state index in [-0.39, 0.29) is 5.41 Å². The smallest absolute Gasteiger partial charge is 0.199 e. The first-order chi connectivity index (χ1) is 7.48. The maximum absolute atomic E-state index is 2.48. The molecule has 0 bridgehead atoms. The molecule has 1 aliphatic rings. The molecule has 2 rings (SSSR count). The van der Waals surface area contributed by atoms with Crippen LogP contribution in [-0.2, 0) is 5.41 Å². The van der Waals surface area contributed by atoms with E-state index in [4.69, 9.17) is 0 Å². The lowest BCUT2D eigenvalue weighted by Gasteiger charge is -2.15. The predicted molar refractivity (Wildman–Crippen MR) is 70.0 cm³/mol. The van der Waals surface area contributed by atoms with E-state index in [2.05, 4.69) is 57.4 Å². The second-order valence-electron chi connectivity index (χ2n) is 5.38. The van der Waals surface area contributed by atoms with Gasteiger partial charge in [0.1, 0.15) is 6.54 Å². The van der Waals surface area contributed by atoms with Crippen LogP contribution in [0.5, 0.6) is 0 Å². The molecule has 1 aromatic carbocycles. The van der Waals surface area contributed by atoms with Gasteiger partial charge in [-0.15, -0.1) is 0 Å². The molecule has 0 spiro atoms. The topological polar surface area (TPSA) is 3.01 Å². The zero-order valence-corrected chi connectivity index (χ0v) is 11.1. The van der Waals surface area contributed by atoms with Gasteiger partial charge in [0.25, 0.3) is 0 Å². The van der Waals surface area contributed by atoms with E-state index in [9.17, 15) is 0 Å². The Balaban J connectivity index is 2.62. The Hall–Kier alpha value is -1.11. The fourth-order valence-corrected chi connectivity index (χ4v) is 2.61. The highest BCUT2D eigenvalue weighted by Crippen LogP contribution is 2.39. The average Bonchev–Trinajstić information content (AvgIpc) is 2.41. The largest absolute Gasteiger partial charge is 0.209 e. The second-order valence-corrected chi connectivity index (χ2v) is 5.38. The van der Waals surface area contributed by atoms with Gasteiger partial charge >= 0.3 is 0 Å². The highest BCUT2D eigenvalue weighted by molar-refractivity contribution is 5.93. The molecule has 0 aliphatic carbocycles. The SMILES string of the molecule is CCC[N+]1=C(C)C(C)(C)c2cc(C)ccc21. The first kappa shape index (κ1) is 11.4. The van der Waals surface area contributed by atoms with Crippen molar-refractivity contribution in [2.75, 3.05) is 6.54 Å². The molecule has 0 saturated heterocycles. The van der Waals surface area contributed by atoms with E-state index >= 15 is 0 Å². The summed E-state index contributed by atoms with van der Waals surface area (Å²) in [5, 5.41) is 0. The van der Waals surface area contributed by atoms with Crippen LogP contribution < -0.4 is 0 Å². The first-order valence-electron chi connectivity index (χ1n) is 6.21. The van der Waals surface area contributed by atoms with E-state index < -0.39 is 0 Å². The highest BCUT2D eigenvalue weighted by Gasteiger charge is 2.42. The maximum Gasteiger partial charge on any atom is 0.209 e. The summed E-state index contributed by atoms with van der Waals surface area (Å²) >= 11 is 0. The lowest BCUT2D eigenvalue weighted by Crippen LogP contribution is -2.26. The molecule has 1 aliphatic heterocycles. The molecule has 0 radical (unpaired) electrons. The minimum Gasteiger partial charge on any atom is -0.199 e. The number of benzene rings is 1. The number of aryl methyl sites for hydroxylation is 1. The third-order valence-corrected chi connectivity index (χ3v) is 3.87. The molecule has 0 fully saturated rings. The zero-order chi connectivity index (χ0) is 11.9. The summed E-state index contributed by atoms with van der Waals surface area (Å²) < 4.78 is 2.48. The van der Waals surface area contributed by atoms with Gasteiger partial charge in [0.2, 0.25) is 5.69 Å². The molecule has 86 valence electrons. The number of fused-ring (bicyclic) bond motifs is 1. The molecule has 0 saturated carbocycles. The van der Waals surface area contributed by atoms with Crippen LogP contribution in [0.3, 0.4) is 0 Å². The van der Waals surface area contributed by atoms with E-state index in [0.29, 0.717) is 0 Å². The fourth-order valence-electron chi connectivity index (χ4n) is 2.61. The highest BCUT2D eigenvalue weighted by atomic mass is 15.1. The van der Waals surface area contributed by atoms with Crippen LogP contribution in [0.15, 0.2) is 18.2 Å². The molecule has 1 heteroatoms. The van der Waals surface area contributed by atoms with E-state index in [1.54, 1.807) is 0 Å². The molecular formula is C15H22N+. The van der Waals surface area contributed by atoms with Gasteiger partial charge in [-0.25, -0.2) is 0 Å². The Morgan fingerprint density at radius 2 is 1.88 bits per heavy atom. The van der Waals surface area contributed by atoms with Gasteiger partial charge in [-0.2, -0.15) is 4.58 Å². The van der Waals surface area contributed by atoms with Gasteiger partial charge < -0.3 is 0 Å². The molecule has 1 aromatic rings. The Morgan fingerprint density at radius 3 is 2.50 bits per heavy atom. The fraction of sp³-hybridized carbons (Fsp3) is 0.533. The summed E-state index contributed by atoms with van der Waals surface area (Å²) in [6, 6.07) is 6.84. The summed E-state index contributed by atoms with van der Waals surface area (Å²) in [7, 11) is 0. The van der Waals surface area contributed by atoms with E-state index in [1.165, 1.54) is 28.9 Å². The molecule has 0 N–H and O–H groups in total. The minimum absolute atomic E-state index is 0.191. The third kappa shape index (κ3) is 1.50. The maximum atomic E-state index is 2.48. The number of nitrogens with zero attached hydrogens (tertiary/aromatic N) is 1. The minimum atomic E-state index is 0.191. The van der Waals surface area contributed by atoms with Crippen molar-refractivity contribution in [3.63, 3.8) is 0 Å². The monoisotopic (exact) mass is 216 g/mol. The average molecular weight is 216 g/mol. The van der Waals surface area contributed by atoms with Gasteiger partial charge in [-0.1, -0.05) is 18.6 Å². The van der Waals surface area contributed by atoms with Crippen molar-refractivity contribution in [2.45, 2.75) is 46.5 Å². The number of hydrogen-bond donors (Lipinski definition) is 0. The van der Waals surface area contributed by atoms with Crippen LogP contribution >= 0.6 is 0 Å². The van der Waals surface area contributed by atoms with Gasteiger partial charge in [0, 0.05) is 25.0 Å². The van der Waals surface area contributed by atoms with Crippen molar-refractivity contribution < 1.29 is 4.58 Å². The van der Waals surface area contributed by atoms with Crippen LogP contribution in [0.1, 0.15) is 45.2 Å². The van der Waals surface area contributed by atoms with Crippen molar-refractivity contribution >= 4 is 11.4 Å². The lowest BCUT2D eigenvalue weighted by molar-refractivity contribution is -0.438. The predicted octanol–water partition coefficient (Wildman–Crippen LogP) is 3.80. The number of rotatable bonds is 2. The van der Waals surface area contributed by atoms with Crippen molar-refractivity contribution in [2.24, 2.45) is 0 Å². The van der Waals surface area contributed by atoms with E-state index in [0.717, 1.165) is 6.54 Å². The van der Waals surface area contributed by atoms with E-state index in [1.807, 2.05) is 0 Å². The Bertz CT molecular complexity index is 453. The van der Waals surface area contributed by atoms with Crippen LogP contribution in [0, 0.1) is 6.92 Å². The normalized spacial score (nSPS) is 17.8. The molecular weight excluding hydrogens is 194 g/mol. The molecule has 0 atom stereocenters. The van der Waals surface area contributed by atoms with Gasteiger partial charge in [0.15, 0.2) is 5.71 Å². The van der Waals surface area contributed by atoms with Crippen LogP contribution in [-0.4, -0.2) is 16.8 Å². The Labute approximate surface area is 98.8 Å². The quantitative estimate of drug-likeness (QED) is 0.661. The molecule has 1 nitrogen and oxygen atoms in total.